The molecule has 0 aromatic rings. The van der Waals surface area contributed by atoms with Crippen LogP contribution in [0.3, 0.4) is 0 Å². The van der Waals surface area contributed by atoms with E-state index in [1.807, 2.05) is 6.92 Å². The van der Waals surface area contributed by atoms with Gasteiger partial charge in [0.05, 0.1) is 18.1 Å². The Kier molecular flexibility index (Phi) is 10.4. The third-order valence-electron chi connectivity index (χ3n) is 6.11. The van der Waals surface area contributed by atoms with E-state index in [0.29, 0.717) is 24.5 Å². The number of ether oxygens (including phenoxy) is 1. The molecule has 0 fully saturated rings. The molecule has 7 heteroatoms. The highest BCUT2D eigenvalue weighted by Crippen LogP contribution is 2.25. The quantitative estimate of drug-likeness (QED) is 0.250. The number of carbonyl (C=O) groups excluding carboxylic acids is 3. The maximum absolute atomic E-state index is 11.8. The van der Waals surface area contributed by atoms with Crippen LogP contribution in [0.25, 0.3) is 0 Å². The van der Waals surface area contributed by atoms with Crippen molar-refractivity contribution in [1.29, 1.82) is 0 Å². The maximum atomic E-state index is 11.8. The van der Waals surface area contributed by atoms with Gasteiger partial charge in [0.2, 0.25) is 5.91 Å². The van der Waals surface area contributed by atoms with Crippen LogP contribution in [0.4, 0.5) is 0 Å². The van der Waals surface area contributed by atoms with Gasteiger partial charge in [-0.2, -0.15) is 0 Å². The van der Waals surface area contributed by atoms with Crippen molar-refractivity contribution in [1.82, 2.24) is 4.90 Å². The molecule has 0 saturated heterocycles. The van der Waals surface area contributed by atoms with Gasteiger partial charge in [-0.3, -0.25) is 4.79 Å². The Morgan fingerprint density at radius 1 is 1.32 bits per heavy atom. The standard InChI is InChI=1S/C27H37NO6/c1-18(10-6-12-20(3)14-23-26(32)21(4)27(33)34-23)8-5-9-19(2)11-7-13-22-15-24(29)28(16-22)17-25(30)31/h5,8-9,12,15,18,23,32H,6-7,10-11,13-14,16-17H2,1-4H3,(H,30,31)/p-1/b8-5+,19-9+,20-12-/t18-,23-/m1/s1. The first-order chi connectivity index (χ1) is 16.1. The molecule has 2 heterocycles. The van der Waals surface area contributed by atoms with E-state index in [9.17, 15) is 24.6 Å². The summed E-state index contributed by atoms with van der Waals surface area (Å²) in [7, 11) is 0. The van der Waals surface area contributed by atoms with Crippen molar-refractivity contribution in [2.24, 2.45) is 5.92 Å². The number of carboxylic acids is 1. The zero-order chi connectivity index (χ0) is 25.3. The van der Waals surface area contributed by atoms with Gasteiger partial charge in [0.1, 0.15) is 5.76 Å². The number of allylic oxidation sites excluding steroid dienone is 5. The SMILES string of the molecule is CC1=C(O)[C@@H](C/C(C)=C\CC[C@H](C)/C=C/C=C(\C)CCCC2=CC(=O)N(CC(=O)[O-])C2)OC1=O. The monoisotopic (exact) mass is 470 g/mol. The van der Waals surface area contributed by atoms with Crippen LogP contribution in [0.5, 0.6) is 0 Å². The predicted octanol–water partition coefficient (Wildman–Crippen LogP) is 3.69. The Morgan fingerprint density at radius 3 is 2.71 bits per heavy atom. The number of hydrogen-bond acceptors (Lipinski definition) is 6. The Bertz CT molecular complexity index is 937. The van der Waals surface area contributed by atoms with E-state index in [0.717, 1.165) is 43.3 Å². The number of esters is 1. The summed E-state index contributed by atoms with van der Waals surface area (Å²) < 4.78 is 5.17. The molecule has 0 bridgehead atoms. The summed E-state index contributed by atoms with van der Waals surface area (Å²) in [5.41, 5.74) is 3.61. The summed E-state index contributed by atoms with van der Waals surface area (Å²) in [6, 6.07) is 0. The molecule has 0 unspecified atom stereocenters. The second kappa shape index (κ2) is 13.0. The number of amides is 1. The number of cyclic esters (lactones) is 1. The first-order valence-electron chi connectivity index (χ1n) is 11.8. The zero-order valence-electron chi connectivity index (χ0n) is 20.6. The number of rotatable bonds is 13. The van der Waals surface area contributed by atoms with Crippen LogP contribution < -0.4 is 5.11 Å². The molecule has 0 aromatic carbocycles. The fourth-order valence-corrected chi connectivity index (χ4v) is 3.99. The summed E-state index contributed by atoms with van der Waals surface area (Å²) in [5.74, 6) is -1.47. The molecule has 0 aliphatic carbocycles. The highest BCUT2D eigenvalue weighted by molar-refractivity contribution is 5.93. The molecule has 7 nitrogen and oxygen atoms in total. The summed E-state index contributed by atoms with van der Waals surface area (Å²) in [6.07, 6.45) is 14.5. The Hall–Kier alpha value is -3.09. The molecule has 0 spiro atoms. The minimum atomic E-state index is -1.24. The van der Waals surface area contributed by atoms with Crippen molar-refractivity contribution < 1.29 is 29.3 Å². The van der Waals surface area contributed by atoms with Crippen LogP contribution in [0.2, 0.25) is 0 Å². The molecule has 34 heavy (non-hydrogen) atoms. The molecule has 0 radical (unpaired) electrons. The lowest BCUT2D eigenvalue weighted by Gasteiger charge is -2.16. The summed E-state index contributed by atoms with van der Waals surface area (Å²) >= 11 is 0. The number of nitrogens with zero attached hydrogens (tertiary/aromatic N) is 1. The highest BCUT2D eigenvalue weighted by atomic mass is 16.6. The third kappa shape index (κ3) is 8.69. The first-order valence-corrected chi connectivity index (χ1v) is 11.8. The maximum Gasteiger partial charge on any atom is 0.338 e. The minimum Gasteiger partial charge on any atom is -0.548 e. The van der Waals surface area contributed by atoms with Crippen molar-refractivity contribution >= 4 is 17.8 Å². The van der Waals surface area contributed by atoms with Gasteiger partial charge in [0, 0.05) is 19.0 Å². The largest absolute Gasteiger partial charge is 0.548 e. The molecule has 2 aliphatic rings. The zero-order valence-corrected chi connectivity index (χ0v) is 20.6. The lowest BCUT2D eigenvalue weighted by Crippen LogP contribution is -2.39. The normalized spacial score (nSPS) is 20.4. The second-order valence-electron chi connectivity index (χ2n) is 9.33. The van der Waals surface area contributed by atoms with Crippen LogP contribution in [0.1, 0.15) is 66.2 Å². The number of carbonyl (C=O) groups is 3. The van der Waals surface area contributed by atoms with Gasteiger partial charge in [0.25, 0.3) is 0 Å². The summed E-state index contributed by atoms with van der Waals surface area (Å²) in [6.45, 7) is 7.84. The topological polar surface area (TPSA) is 107 Å². The number of aliphatic hydroxyl groups is 1. The van der Waals surface area contributed by atoms with E-state index in [-0.39, 0.29) is 18.2 Å². The Morgan fingerprint density at radius 2 is 2.06 bits per heavy atom. The van der Waals surface area contributed by atoms with Crippen LogP contribution in [-0.2, 0) is 19.1 Å². The predicted molar refractivity (Wildman–Crippen MR) is 128 cm³/mol. The molecule has 1 amide bonds. The molecule has 2 aliphatic heterocycles. The van der Waals surface area contributed by atoms with Crippen LogP contribution in [0.15, 0.2) is 58.4 Å². The Balaban J connectivity index is 1.65. The van der Waals surface area contributed by atoms with Crippen molar-refractivity contribution in [2.75, 3.05) is 13.1 Å². The van der Waals surface area contributed by atoms with Crippen LogP contribution in [0, 0.1) is 5.92 Å². The van der Waals surface area contributed by atoms with E-state index < -0.39 is 18.0 Å². The van der Waals surface area contributed by atoms with Crippen molar-refractivity contribution in [3.8, 4) is 0 Å². The van der Waals surface area contributed by atoms with E-state index in [4.69, 9.17) is 4.74 Å². The van der Waals surface area contributed by atoms with Gasteiger partial charge in [-0.25, -0.2) is 4.79 Å². The highest BCUT2D eigenvalue weighted by Gasteiger charge is 2.31. The number of aliphatic hydroxyl groups excluding tert-OH is 1. The molecular formula is C27H36NO6-. The lowest BCUT2D eigenvalue weighted by atomic mass is 10.0. The van der Waals surface area contributed by atoms with Crippen molar-refractivity contribution in [3.05, 3.63) is 58.4 Å². The summed E-state index contributed by atoms with van der Waals surface area (Å²) in [4.78, 5) is 35.2. The van der Waals surface area contributed by atoms with Gasteiger partial charge in [-0.15, -0.1) is 0 Å². The van der Waals surface area contributed by atoms with E-state index in [2.05, 4.69) is 38.2 Å². The van der Waals surface area contributed by atoms with Gasteiger partial charge < -0.3 is 24.6 Å². The molecule has 0 aromatic heterocycles. The minimum absolute atomic E-state index is 0.0439. The average Bonchev–Trinajstić information content (AvgIpc) is 3.21. The molecule has 186 valence electrons. The third-order valence-corrected chi connectivity index (χ3v) is 6.11. The van der Waals surface area contributed by atoms with Gasteiger partial charge in [0.15, 0.2) is 6.10 Å². The summed E-state index contributed by atoms with van der Waals surface area (Å²) in [5, 5.41) is 20.6. The molecule has 1 N–H and O–H groups in total. The number of carboxylic acid groups (broad SMARTS) is 1. The van der Waals surface area contributed by atoms with E-state index >= 15 is 0 Å². The van der Waals surface area contributed by atoms with E-state index in [1.54, 1.807) is 13.0 Å². The van der Waals surface area contributed by atoms with Crippen LogP contribution >= 0.6 is 0 Å². The van der Waals surface area contributed by atoms with E-state index in [1.165, 1.54) is 10.5 Å². The fraction of sp³-hybridized carbons (Fsp3) is 0.519. The van der Waals surface area contributed by atoms with Gasteiger partial charge in [-0.05, 0) is 64.4 Å². The second-order valence-corrected chi connectivity index (χ2v) is 9.33. The van der Waals surface area contributed by atoms with Crippen LogP contribution in [-0.4, -0.2) is 47.0 Å². The fourth-order valence-electron chi connectivity index (χ4n) is 3.99. The van der Waals surface area contributed by atoms with Crippen molar-refractivity contribution in [3.63, 3.8) is 0 Å². The Labute approximate surface area is 202 Å². The van der Waals surface area contributed by atoms with Crippen molar-refractivity contribution in [2.45, 2.75) is 72.3 Å². The van der Waals surface area contributed by atoms with Gasteiger partial charge >= 0.3 is 5.97 Å². The number of hydrogen-bond donors (Lipinski definition) is 1. The lowest BCUT2D eigenvalue weighted by molar-refractivity contribution is -0.305. The molecule has 0 saturated carbocycles. The average molecular weight is 471 g/mol. The molecule has 2 atom stereocenters. The van der Waals surface area contributed by atoms with Gasteiger partial charge in [-0.1, -0.05) is 42.4 Å². The smallest absolute Gasteiger partial charge is 0.338 e. The molecule has 2 rings (SSSR count). The number of aliphatic carboxylic acids is 1. The first kappa shape index (κ1) is 27.2. The molecular weight excluding hydrogens is 434 g/mol.